The van der Waals surface area contributed by atoms with Crippen molar-refractivity contribution in [1.29, 1.82) is 0 Å². The lowest BCUT2D eigenvalue weighted by molar-refractivity contribution is -0.130. The van der Waals surface area contributed by atoms with Crippen LogP contribution in [0.5, 0.6) is 0 Å². The lowest BCUT2D eigenvalue weighted by atomic mass is 10.0. The Bertz CT molecular complexity index is 1710. The number of halogens is 1. The van der Waals surface area contributed by atoms with Gasteiger partial charge in [0, 0.05) is 17.7 Å². The van der Waals surface area contributed by atoms with Gasteiger partial charge in [-0.1, -0.05) is 66.4 Å². The van der Waals surface area contributed by atoms with E-state index >= 15 is 0 Å². The van der Waals surface area contributed by atoms with Gasteiger partial charge in [0.05, 0.1) is 28.9 Å². The van der Waals surface area contributed by atoms with Gasteiger partial charge in [0.25, 0.3) is 11.8 Å². The topological polar surface area (TPSA) is 92.5 Å². The summed E-state index contributed by atoms with van der Waals surface area (Å²) >= 11 is 2.81. The molecule has 0 radical (unpaired) electrons. The summed E-state index contributed by atoms with van der Waals surface area (Å²) in [5, 5.41) is 20.3. The van der Waals surface area contributed by atoms with E-state index in [2.05, 4.69) is 15.5 Å². The molecule has 1 atom stereocenters. The summed E-state index contributed by atoms with van der Waals surface area (Å²) in [5.74, 6) is -0.171. The predicted molar refractivity (Wildman–Crippen MR) is 161 cm³/mol. The van der Waals surface area contributed by atoms with Crippen molar-refractivity contribution >= 4 is 40.6 Å². The largest absolute Gasteiger partial charge is 0.345 e. The van der Waals surface area contributed by atoms with E-state index < -0.39 is 0 Å². The molecule has 2 amide bonds. The molecule has 1 unspecified atom stereocenters. The number of amides is 2. The minimum atomic E-state index is -0.341. The van der Waals surface area contributed by atoms with Crippen molar-refractivity contribution < 1.29 is 14.0 Å². The number of thiophene rings is 1. The molecular weight excluding hydrogens is 572 g/mol. The standard InChI is InChI=1S/C31H25FN6O2S2/c32-23-15-13-21(14-16-23)26-18-25(27-12-7-17-41-27)36-38(26)29(39)20-42-31-35-34-28(37(31)24-10-5-2-6-11-24)19-33-30(40)22-8-3-1-4-9-22/h1-17,26H,18-20H2,(H,33,40). The van der Waals surface area contributed by atoms with Crippen molar-refractivity contribution in [2.24, 2.45) is 5.10 Å². The summed E-state index contributed by atoms with van der Waals surface area (Å²) in [6, 6.07) is 28.3. The predicted octanol–water partition coefficient (Wildman–Crippen LogP) is 5.87. The first kappa shape index (κ1) is 27.6. The number of hydrogen-bond donors (Lipinski definition) is 1. The highest BCUT2D eigenvalue weighted by Gasteiger charge is 2.33. The summed E-state index contributed by atoms with van der Waals surface area (Å²) in [6.45, 7) is 0.150. The molecule has 0 saturated carbocycles. The van der Waals surface area contributed by atoms with Crippen LogP contribution in [0.15, 0.2) is 113 Å². The van der Waals surface area contributed by atoms with Crippen LogP contribution in [0.2, 0.25) is 0 Å². The molecule has 1 N–H and O–H groups in total. The summed E-state index contributed by atoms with van der Waals surface area (Å²) in [5.41, 5.74) is 2.99. The number of hydrogen-bond acceptors (Lipinski definition) is 7. The maximum atomic E-state index is 13.7. The van der Waals surface area contributed by atoms with E-state index in [0.717, 1.165) is 21.8 Å². The quantitative estimate of drug-likeness (QED) is 0.215. The Labute approximate surface area is 249 Å². The summed E-state index contributed by atoms with van der Waals surface area (Å²) in [7, 11) is 0. The number of aromatic nitrogens is 3. The van der Waals surface area contributed by atoms with Gasteiger partial charge in [-0.05, 0) is 53.4 Å². The second kappa shape index (κ2) is 12.5. The van der Waals surface area contributed by atoms with E-state index in [9.17, 15) is 14.0 Å². The van der Waals surface area contributed by atoms with Crippen LogP contribution in [-0.4, -0.2) is 43.1 Å². The SMILES string of the molecule is O=C(NCc1nnc(SCC(=O)N2N=C(c3cccs3)CC2c2ccc(F)cc2)n1-c1ccccc1)c1ccccc1. The van der Waals surface area contributed by atoms with Crippen LogP contribution in [0, 0.1) is 5.82 Å². The Morgan fingerprint density at radius 3 is 2.38 bits per heavy atom. The highest BCUT2D eigenvalue weighted by Crippen LogP contribution is 2.35. The van der Waals surface area contributed by atoms with Crippen LogP contribution in [0.1, 0.15) is 39.1 Å². The van der Waals surface area contributed by atoms with Gasteiger partial charge in [-0.15, -0.1) is 21.5 Å². The second-order valence-electron chi connectivity index (χ2n) is 9.44. The molecule has 1 aliphatic rings. The second-order valence-corrected chi connectivity index (χ2v) is 11.3. The van der Waals surface area contributed by atoms with Crippen LogP contribution >= 0.6 is 23.1 Å². The number of nitrogens with zero attached hydrogens (tertiary/aromatic N) is 5. The van der Waals surface area contributed by atoms with Gasteiger partial charge in [0.15, 0.2) is 11.0 Å². The average molecular weight is 597 g/mol. The number of carbonyl (C=O) groups excluding carboxylic acids is 2. The maximum Gasteiger partial charge on any atom is 0.253 e. The zero-order valence-electron chi connectivity index (χ0n) is 22.3. The molecule has 1 aliphatic heterocycles. The van der Waals surface area contributed by atoms with E-state index in [4.69, 9.17) is 5.10 Å². The molecule has 0 aliphatic carbocycles. The number of carbonyl (C=O) groups is 2. The summed E-state index contributed by atoms with van der Waals surface area (Å²) in [6.07, 6.45) is 0.536. The van der Waals surface area contributed by atoms with Crippen molar-refractivity contribution in [1.82, 2.24) is 25.1 Å². The number of nitrogens with one attached hydrogen (secondary N) is 1. The highest BCUT2D eigenvalue weighted by molar-refractivity contribution is 7.99. The van der Waals surface area contributed by atoms with Crippen molar-refractivity contribution in [3.63, 3.8) is 0 Å². The maximum absolute atomic E-state index is 13.7. The lowest BCUT2D eigenvalue weighted by Gasteiger charge is -2.22. The van der Waals surface area contributed by atoms with Crippen molar-refractivity contribution in [3.05, 3.63) is 130 Å². The van der Waals surface area contributed by atoms with Gasteiger partial charge in [-0.25, -0.2) is 9.40 Å². The van der Waals surface area contributed by atoms with Gasteiger partial charge in [0.1, 0.15) is 5.82 Å². The monoisotopic (exact) mass is 596 g/mol. The van der Waals surface area contributed by atoms with Crippen molar-refractivity contribution in [2.45, 2.75) is 24.2 Å². The van der Waals surface area contributed by atoms with Gasteiger partial charge in [-0.3, -0.25) is 14.2 Å². The molecule has 2 aromatic heterocycles. The molecule has 0 saturated heterocycles. The zero-order chi connectivity index (χ0) is 28.9. The molecule has 8 nitrogen and oxygen atoms in total. The van der Waals surface area contributed by atoms with E-state index in [0.29, 0.717) is 23.0 Å². The Hall–Kier alpha value is -4.61. The Balaban J connectivity index is 1.22. The third-order valence-corrected chi connectivity index (χ3v) is 8.54. The summed E-state index contributed by atoms with van der Waals surface area (Å²) < 4.78 is 15.5. The van der Waals surface area contributed by atoms with Crippen LogP contribution < -0.4 is 5.32 Å². The normalized spacial score (nSPS) is 14.5. The van der Waals surface area contributed by atoms with E-state index in [1.165, 1.54) is 28.9 Å². The number of para-hydroxylation sites is 1. The first-order valence-corrected chi connectivity index (χ1v) is 15.1. The zero-order valence-corrected chi connectivity index (χ0v) is 23.9. The Kier molecular flexibility index (Phi) is 8.20. The van der Waals surface area contributed by atoms with Crippen LogP contribution in [-0.2, 0) is 11.3 Å². The third kappa shape index (κ3) is 6.02. The molecule has 3 heterocycles. The summed E-state index contributed by atoms with van der Waals surface area (Å²) in [4.78, 5) is 27.3. The molecular formula is C31H25FN6O2S2. The van der Waals surface area contributed by atoms with E-state index in [1.807, 2.05) is 70.6 Å². The van der Waals surface area contributed by atoms with Crippen molar-refractivity contribution in [3.8, 4) is 5.69 Å². The molecule has 11 heteroatoms. The molecule has 0 fully saturated rings. The van der Waals surface area contributed by atoms with Crippen LogP contribution in [0.3, 0.4) is 0 Å². The van der Waals surface area contributed by atoms with E-state index in [1.54, 1.807) is 35.6 Å². The molecule has 0 spiro atoms. The fraction of sp³-hybridized carbons (Fsp3) is 0.129. The first-order valence-electron chi connectivity index (χ1n) is 13.2. The molecule has 5 aromatic rings. The van der Waals surface area contributed by atoms with Crippen LogP contribution in [0.4, 0.5) is 4.39 Å². The molecule has 6 rings (SSSR count). The fourth-order valence-electron chi connectivity index (χ4n) is 4.66. The van der Waals surface area contributed by atoms with Gasteiger partial charge >= 0.3 is 0 Å². The molecule has 3 aromatic carbocycles. The number of benzene rings is 3. The van der Waals surface area contributed by atoms with Gasteiger partial charge < -0.3 is 5.32 Å². The van der Waals surface area contributed by atoms with Gasteiger partial charge in [0.2, 0.25) is 0 Å². The first-order chi connectivity index (χ1) is 20.6. The van der Waals surface area contributed by atoms with Crippen LogP contribution in [0.25, 0.3) is 5.69 Å². The van der Waals surface area contributed by atoms with Gasteiger partial charge in [-0.2, -0.15) is 5.10 Å². The lowest BCUT2D eigenvalue weighted by Crippen LogP contribution is -2.28. The fourth-order valence-corrected chi connectivity index (χ4v) is 6.21. The Morgan fingerprint density at radius 2 is 1.67 bits per heavy atom. The molecule has 42 heavy (non-hydrogen) atoms. The minimum absolute atomic E-state index is 0.0558. The smallest absolute Gasteiger partial charge is 0.253 e. The molecule has 0 bridgehead atoms. The highest BCUT2D eigenvalue weighted by atomic mass is 32.2. The minimum Gasteiger partial charge on any atom is -0.345 e. The number of hydrazone groups is 1. The van der Waals surface area contributed by atoms with E-state index in [-0.39, 0.29) is 36.0 Å². The van der Waals surface area contributed by atoms with Crippen molar-refractivity contribution in [2.75, 3.05) is 5.75 Å². The third-order valence-electron chi connectivity index (χ3n) is 6.71. The molecule has 210 valence electrons. The number of thioether (sulfide) groups is 1. The Morgan fingerprint density at radius 1 is 0.929 bits per heavy atom. The average Bonchev–Trinajstić information content (AvgIpc) is 3.80. The number of rotatable bonds is 9.